The summed E-state index contributed by atoms with van der Waals surface area (Å²) in [5.74, 6) is -0.875. The summed E-state index contributed by atoms with van der Waals surface area (Å²) in [7, 11) is 0. The zero-order valence-electron chi connectivity index (χ0n) is 8.11. The Hall–Kier alpha value is -1.95. The molecule has 0 saturated carbocycles. The molecule has 0 fully saturated rings. The average molecular weight is 237 g/mol. The lowest BCUT2D eigenvalue weighted by molar-refractivity contribution is 0.102. The fourth-order valence-corrected chi connectivity index (χ4v) is 1.74. The van der Waals surface area contributed by atoms with Crippen LogP contribution in [0.4, 0.5) is 15.8 Å². The van der Waals surface area contributed by atoms with Crippen molar-refractivity contribution in [1.29, 1.82) is 0 Å². The molecular formula is C10H8FN3OS. The number of anilines is 2. The lowest BCUT2D eigenvalue weighted by Crippen LogP contribution is -2.12. The minimum atomic E-state index is -0.492. The maximum atomic E-state index is 13.0. The van der Waals surface area contributed by atoms with E-state index >= 15 is 0 Å². The minimum Gasteiger partial charge on any atom is -0.399 e. The van der Waals surface area contributed by atoms with Crippen molar-refractivity contribution >= 4 is 28.6 Å². The van der Waals surface area contributed by atoms with Gasteiger partial charge in [0, 0.05) is 16.8 Å². The molecule has 0 radical (unpaired) electrons. The molecule has 1 aromatic heterocycles. The monoisotopic (exact) mass is 237 g/mol. The molecule has 1 heterocycles. The summed E-state index contributed by atoms with van der Waals surface area (Å²) < 4.78 is 13.0. The van der Waals surface area contributed by atoms with Gasteiger partial charge in [0.15, 0.2) is 0 Å². The lowest BCUT2D eigenvalue weighted by atomic mass is 10.2. The number of halogens is 1. The molecule has 0 spiro atoms. The molecule has 0 aliphatic heterocycles. The fourth-order valence-electron chi connectivity index (χ4n) is 1.20. The van der Waals surface area contributed by atoms with Gasteiger partial charge in [-0.3, -0.25) is 4.79 Å². The Labute approximate surface area is 94.9 Å². The Morgan fingerprint density at radius 3 is 2.88 bits per heavy atom. The Kier molecular flexibility index (Phi) is 2.82. The van der Waals surface area contributed by atoms with Crippen molar-refractivity contribution in [1.82, 2.24) is 4.98 Å². The fraction of sp³-hybridized carbons (Fsp3) is 0. The summed E-state index contributed by atoms with van der Waals surface area (Å²) in [5, 5.41) is 4.12. The lowest BCUT2D eigenvalue weighted by Gasteiger charge is -2.04. The zero-order chi connectivity index (χ0) is 11.5. The van der Waals surface area contributed by atoms with E-state index in [4.69, 9.17) is 5.73 Å². The molecule has 2 aromatic rings. The minimum absolute atomic E-state index is 0.258. The van der Waals surface area contributed by atoms with Gasteiger partial charge in [0.25, 0.3) is 5.91 Å². The van der Waals surface area contributed by atoms with E-state index in [9.17, 15) is 9.18 Å². The summed E-state index contributed by atoms with van der Waals surface area (Å²) >= 11 is 1.31. The third kappa shape index (κ3) is 2.34. The number of benzene rings is 1. The largest absolute Gasteiger partial charge is 0.399 e. The van der Waals surface area contributed by atoms with E-state index in [1.807, 2.05) is 0 Å². The topological polar surface area (TPSA) is 68.0 Å². The van der Waals surface area contributed by atoms with Crippen LogP contribution in [0.2, 0.25) is 0 Å². The summed E-state index contributed by atoms with van der Waals surface area (Å²) in [6.45, 7) is 0. The Bertz CT molecular complexity index is 493. The second-order valence-electron chi connectivity index (χ2n) is 3.10. The molecule has 0 atom stereocenters. The third-order valence-electron chi connectivity index (χ3n) is 1.84. The van der Waals surface area contributed by atoms with Crippen LogP contribution in [0.1, 0.15) is 10.5 Å². The number of amides is 1. The van der Waals surface area contributed by atoms with E-state index in [1.54, 1.807) is 10.9 Å². The Morgan fingerprint density at radius 1 is 1.44 bits per heavy atom. The van der Waals surface area contributed by atoms with Crippen LogP contribution >= 0.6 is 11.3 Å². The molecular weight excluding hydrogens is 229 g/mol. The van der Waals surface area contributed by atoms with Crippen molar-refractivity contribution in [2.75, 3.05) is 11.1 Å². The van der Waals surface area contributed by atoms with Crippen LogP contribution in [0.25, 0.3) is 0 Å². The Balaban J connectivity index is 2.18. The van der Waals surface area contributed by atoms with Gasteiger partial charge < -0.3 is 11.1 Å². The molecule has 0 unspecified atom stereocenters. The first-order valence-electron chi connectivity index (χ1n) is 4.41. The number of carbonyl (C=O) groups excluding carboxylic acids is 1. The van der Waals surface area contributed by atoms with Crippen molar-refractivity contribution in [2.24, 2.45) is 0 Å². The molecule has 4 nitrogen and oxygen atoms in total. The number of carbonyl (C=O) groups is 1. The zero-order valence-corrected chi connectivity index (χ0v) is 8.92. The predicted octanol–water partition coefficient (Wildman–Crippen LogP) is 2.12. The molecule has 0 bridgehead atoms. The smallest absolute Gasteiger partial charge is 0.275 e. The second kappa shape index (κ2) is 4.28. The number of thiazole rings is 1. The van der Waals surface area contributed by atoms with Crippen LogP contribution < -0.4 is 11.1 Å². The molecule has 1 amide bonds. The van der Waals surface area contributed by atoms with Crippen molar-refractivity contribution in [2.45, 2.75) is 0 Å². The molecule has 16 heavy (non-hydrogen) atoms. The van der Waals surface area contributed by atoms with Gasteiger partial charge in [0.2, 0.25) is 0 Å². The number of hydrogen-bond acceptors (Lipinski definition) is 4. The van der Waals surface area contributed by atoms with Gasteiger partial charge in [-0.05, 0) is 18.2 Å². The number of nitrogen functional groups attached to an aromatic ring is 1. The van der Waals surface area contributed by atoms with Crippen LogP contribution in [0, 0.1) is 5.82 Å². The average Bonchev–Trinajstić information content (AvgIpc) is 2.68. The van der Waals surface area contributed by atoms with Gasteiger partial charge in [0.05, 0.1) is 5.51 Å². The number of aromatic nitrogens is 1. The first-order valence-corrected chi connectivity index (χ1v) is 5.35. The van der Waals surface area contributed by atoms with E-state index in [0.29, 0.717) is 11.4 Å². The van der Waals surface area contributed by atoms with Crippen molar-refractivity contribution in [3.05, 3.63) is 40.6 Å². The van der Waals surface area contributed by atoms with Crippen LogP contribution in [0.5, 0.6) is 0 Å². The second-order valence-corrected chi connectivity index (χ2v) is 3.82. The summed E-state index contributed by atoms with van der Waals surface area (Å²) in [4.78, 5) is 15.4. The standard InChI is InChI=1S/C10H8FN3OS/c11-6-1-7(12)3-8(2-6)14-10(15)9-4-16-5-13-9/h1-5H,12H2,(H,14,15). The SMILES string of the molecule is Nc1cc(F)cc(NC(=O)c2cscn2)c1. The highest BCUT2D eigenvalue weighted by molar-refractivity contribution is 7.07. The molecule has 6 heteroatoms. The van der Waals surface area contributed by atoms with Crippen molar-refractivity contribution < 1.29 is 9.18 Å². The third-order valence-corrected chi connectivity index (χ3v) is 2.43. The van der Waals surface area contributed by atoms with Gasteiger partial charge in [-0.25, -0.2) is 9.37 Å². The van der Waals surface area contributed by atoms with Gasteiger partial charge in [-0.2, -0.15) is 0 Å². The normalized spacial score (nSPS) is 10.1. The molecule has 3 N–H and O–H groups in total. The highest BCUT2D eigenvalue weighted by Gasteiger charge is 2.08. The van der Waals surface area contributed by atoms with Crippen LogP contribution in [-0.2, 0) is 0 Å². The van der Waals surface area contributed by atoms with Crippen molar-refractivity contribution in [3.8, 4) is 0 Å². The van der Waals surface area contributed by atoms with E-state index < -0.39 is 5.82 Å². The molecule has 2 rings (SSSR count). The van der Waals surface area contributed by atoms with Gasteiger partial charge in [-0.15, -0.1) is 11.3 Å². The van der Waals surface area contributed by atoms with Gasteiger partial charge in [0.1, 0.15) is 11.5 Å². The molecule has 0 aliphatic carbocycles. The maximum absolute atomic E-state index is 13.0. The molecule has 82 valence electrons. The number of hydrogen-bond donors (Lipinski definition) is 2. The van der Waals surface area contributed by atoms with Crippen molar-refractivity contribution in [3.63, 3.8) is 0 Å². The number of rotatable bonds is 2. The summed E-state index contributed by atoms with van der Waals surface area (Å²) in [5.41, 5.74) is 7.87. The predicted molar refractivity (Wildman–Crippen MR) is 60.9 cm³/mol. The first kappa shape index (κ1) is 10.6. The van der Waals surface area contributed by atoms with Crippen LogP contribution in [-0.4, -0.2) is 10.9 Å². The van der Waals surface area contributed by atoms with Gasteiger partial charge >= 0.3 is 0 Å². The highest BCUT2D eigenvalue weighted by Crippen LogP contribution is 2.16. The quantitative estimate of drug-likeness (QED) is 0.786. The number of nitrogens with one attached hydrogen (secondary N) is 1. The van der Waals surface area contributed by atoms with Crippen LogP contribution in [0.15, 0.2) is 29.1 Å². The molecule has 1 aromatic carbocycles. The van der Waals surface area contributed by atoms with E-state index in [2.05, 4.69) is 10.3 Å². The first-order chi connectivity index (χ1) is 7.65. The van der Waals surface area contributed by atoms with E-state index in [1.165, 1.54) is 29.5 Å². The van der Waals surface area contributed by atoms with Gasteiger partial charge in [-0.1, -0.05) is 0 Å². The number of nitrogens with two attached hydrogens (primary N) is 1. The molecule has 0 saturated heterocycles. The summed E-state index contributed by atoms with van der Waals surface area (Å²) in [6, 6.07) is 3.85. The number of nitrogens with zero attached hydrogens (tertiary/aromatic N) is 1. The maximum Gasteiger partial charge on any atom is 0.275 e. The summed E-state index contributed by atoms with van der Waals surface area (Å²) in [6.07, 6.45) is 0. The Morgan fingerprint density at radius 2 is 2.25 bits per heavy atom. The molecule has 0 aliphatic rings. The van der Waals surface area contributed by atoms with Crippen LogP contribution in [0.3, 0.4) is 0 Å². The van der Waals surface area contributed by atoms with E-state index in [0.717, 1.165) is 0 Å². The highest BCUT2D eigenvalue weighted by atomic mass is 32.1. The van der Waals surface area contributed by atoms with E-state index in [-0.39, 0.29) is 11.6 Å².